The van der Waals surface area contributed by atoms with E-state index in [0.29, 0.717) is 0 Å². The normalized spacial score (nSPS) is 10.6. The Kier molecular flexibility index (Phi) is 4.53. The van der Waals surface area contributed by atoms with Crippen LogP contribution in [0, 0.1) is 0 Å². The molecule has 0 aliphatic rings. The standard InChI is InChI=1S/C17H17BrN4/c1-2-8-19-13-6-7-16-15(10-13)17(21-11-20-16)22-14-5-3-4-12(18)9-14/h3-7,9-11,19H,2,8H2,1H3,(H,20,21,22). The summed E-state index contributed by atoms with van der Waals surface area (Å²) in [5.41, 5.74) is 3.00. The molecular weight excluding hydrogens is 340 g/mol. The summed E-state index contributed by atoms with van der Waals surface area (Å²) in [6, 6.07) is 14.2. The van der Waals surface area contributed by atoms with Crippen LogP contribution < -0.4 is 10.6 Å². The molecule has 0 fully saturated rings. The molecular formula is C17H17BrN4. The lowest BCUT2D eigenvalue weighted by atomic mass is 10.2. The van der Waals surface area contributed by atoms with Gasteiger partial charge >= 0.3 is 0 Å². The zero-order chi connectivity index (χ0) is 15.4. The minimum Gasteiger partial charge on any atom is -0.385 e. The Hall–Kier alpha value is -2.14. The highest BCUT2D eigenvalue weighted by atomic mass is 79.9. The van der Waals surface area contributed by atoms with Crippen molar-refractivity contribution in [3.8, 4) is 0 Å². The van der Waals surface area contributed by atoms with E-state index in [1.807, 2.05) is 36.4 Å². The van der Waals surface area contributed by atoms with Gasteiger partial charge in [-0.2, -0.15) is 0 Å². The molecule has 0 radical (unpaired) electrons. The summed E-state index contributed by atoms with van der Waals surface area (Å²) in [6.45, 7) is 3.10. The Labute approximate surface area is 138 Å². The molecule has 0 bridgehead atoms. The van der Waals surface area contributed by atoms with E-state index >= 15 is 0 Å². The number of nitrogens with zero attached hydrogens (tertiary/aromatic N) is 2. The van der Waals surface area contributed by atoms with E-state index in [9.17, 15) is 0 Å². The molecule has 3 rings (SSSR count). The van der Waals surface area contributed by atoms with Crippen LogP contribution in [0.2, 0.25) is 0 Å². The van der Waals surface area contributed by atoms with Crippen LogP contribution in [-0.4, -0.2) is 16.5 Å². The van der Waals surface area contributed by atoms with E-state index in [4.69, 9.17) is 0 Å². The highest BCUT2D eigenvalue weighted by Gasteiger charge is 2.05. The van der Waals surface area contributed by atoms with Crippen molar-refractivity contribution in [2.45, 2.75) is 13.3 Å². The lowest BCUT2D eigenvalue weighted by molar-refractivity contribution is 0.980. The van der Waals surface area contributed by atoms with Gasteiger partial charge in [0.05, 0.1) is 5.52 Å². The van der Waals surface area contributed by atoms with Gasteiger partial charge in [-0.15, -0.1) is 0 Å². The number of benzene rings is 2. The summed E-state index contributed by atoms with van der Waals surface area (Å²) >= 11 is 3.48. The molecule has 0 atom stereocenters. The molecule has 5 heteroatoms. The van der Waals surface area contributed by atoms with Crippen LogP contribution in [0.25, 0.3) is 10.9 Å². The van der Waals surface area contributed by atoms with Crippen LogP contribution in [0.5, 0.6) is 0 Å². The van der Waals surface area contributed by atoms with Crippen LogP contribution in [0.4, 0.5) is 17.2 Å². The molecule has 0 saturated carbocycles. The maximum Gasteiger partial charge on any atom is 0.141 e. The molecule has 0 spiro atoms. The fourth-order valence-corrected chi connectivity index (χ4v) is 2.64. The van der Waals surface area contributed by atoms with Gasteiger partial charge in [0, 0.05) is 27.8 Å². The maximum atomic E-state index is 4.39. The Balaban J connectivity index is 1.97. The van der Waals surface area contributed by atoms with Crippen LogP contribution in [-0.2, 0) is 0 Å². The second-order valence-electron chi connectivity index (χ2n) is 5.02. The minimum atomic E-state index is 0.809. The van der Waals surface area contributed by atoms with Crippen molar-refractivity contribution in [2.75, 3.05) is 17.2 Å². The van der Waals surface area contributed by atoms with Crippen molar-refractivity contribution in [3.05, 3.63) is 53.3 Å². The number of hydrogen-bond donors (Lipinski definition) is 2. The van der Waals surface area contributed by atoms with Crippen molar-refractivity contribution in [1.29, 1.82) is 0 Å². The minimum absolute atomic E-state index is 0.809. The van der Waals surface area contributed by atoms with Crippen LogP contribution >= 0.6 is 15.9 Å². The predicted octanol–water partition coefficient (Wildman–Crippen LogP) is 4.96. The van der Waals surface area contributed by atoms with Gasteiger partial charge in [-0.25, -0.2) is 9.97 Å². The second-order valence-corrected chi connectivity index (χ2v) is 5.93. The number of fused-ring (bicyclic) bond motifs is 1. The highest BCUT2D eigenvalue weighted by molar-refractivity contribution is 9.10. The van der Waals surface area contributed by atoms with Crippen molar-refractivity contribution < 1.29 is 0 Å². The number of aromatic nitrogens is 2. The van der Waals surface area contributed by atoms with E-state index in [1.54, 1.807) is 6.33 Å². The second kappa shape index (κ2) is 6.75. The first-order valence-electron chi connectivity index (χ1n) is 7.27. The largest absolute Gasteiger partial charge is 0.385 e. The topological polar surface area (TPSA) is 49.8 Å². The van der Waals surface area contributed by atoms with Crippen molar-refractivity contribution in [2.24, 2.45) is 0 Å². The van der Waals surface area contributed by atoms with Gasteiger partial charge in [-0.1, -0.05) is 28.9 Å². The maximum absolute atomic E-state index is 4.39. The summed E-state index contributed by atoms with van der Waals surface area (Å²) in [6.07, 6.45) is 2.67. The Bertz CT molecular complexity index is 788. The molecule has 4 nitrogen and oxygen atoms in total. The molecule has 0 aliphatic carbocycles. The first-order chi connectivity index (χ1) is 10.8. The van der Waals surface area contributed by atoms with Crippen LogP contribution in [0.3, 0.4) is 0 Å². The molecule has 1 aromatic heterocycles. The Morgan fingerprint density at radius 2 is 1.95 bits per heavy atom. The molecule has 112 valence electrons. The van der Waals surface area contributed by atoms with E-state index in [2.05, 4.69) is 49.5 Å². The zero-order valence-electron chi connectivity index (χ0n) is 12.3. The third kappa shape index (κ3) is 3.36. The van der Waals surface area contributed by atoms with Gasteiger partial charge in [0.15, 0.2) is 0 Å². The third-order valence-corrected chi connectivity index (χ3v) is 3.80. The summed E-state index contributed by atoms with van der Waals surface area (Å²) in [5, 5.41) is 7.76. The molecule has 1 heterocycles. The first-order valence-corrected chi connectivity index (χ1v) is 8.07. The van der Waals surface area contributed by atoms with E-state index < -0.39 is 0 Å². The SMILES string of the molecule is CCCNc1ccc2ncnc(Nc3cccc(Br)c3)c2c1. The lowest BCUT2D eigenvalue weighted by Gasteiger charge is -2.10. The number of anilines is 3. The molecule has 2 aromatic carbocycles. The summed E-state index contributed by atoms with van der Waals surface area (Å²) in [5.74, 6) is 0.809. The van der Waals surface area contributed by atoms with E-state index in [1.165, 1.54) is 0 Å². The van der Waals surface area contributed by atoms with Crippen LogP contribution in [0.15, 0.2) is 53.3 Å². The smallest absolute Gasteiger partial charge is 0.141 e. The van der Waals surface area contributed by atoms with Crippen LogP contribution in [0.1, 0.15) is 13.3 Å². The van der Waals surface area contributed by atoms with Crippen molar-refractivity contribution >= 4 is 44.0 Å². The van der Waals surface area contributed by atoms with Crippen molar-refractivity contribution in [3.63, 3.8) is 0 Å². The summed E-state index contributed by atoms with van der Waals surface area (Å²) in [7, 11) is 0. The van der Waals surface area contributed by atoms with Gasteiger partial charge in [-0.05, 0) is 42.8 Å². The summed E-state index contributed by atoms with van der Waals surface area (Å²) in [4.78, 5) is 8.72. The number of nitrogens with one attached hydrogen (secondary N) is 2. The predicted molar refractivity (Wildman–Crippen MR) is 95.7 cm³/mol. The molecule has 3 aromatic rings. The van der Waals surface area contributed by atoms with Gasteiger partial charge in [-0.3, -0.25) is 0 Å². The summed E-state index contributed by atoms with van der Waals surface area (Å²) < 4.78 is 1.03. The quantitative estimate of drug-likeness (QED) is 0.678. The average Bonchev–Trinajstić information content (AvgIpc) is 2.53. The lowest BCUT2D eigenvalue weighted by Crippen LogP contribution is -2.00. The van der Waals surface area contributed by atoms with Gasteiger partial charge in [0.1, 0.15) is 12.1 Å². The molecule has 0 saturated heterocycles. The Morgan fingerprint density at radius 1 is 1.05 bits per heavy atom. The number of halogens is 1. The van der Waals surface area contributed by atoms with E-state index in [-0.39, 0.29) is 0 Å². The highest BCUT2D eigenvalue weighted by Crippen LogP contribution is 2.26. The monoisotopic (exact) mass is 356 g/mol. The van der Waals surface area contributed by atoms with Gasteiger partial charge in [0.25, 0.3) is 0 Å². The molecule has 22 heavy (non-hydrogen) atoms. The number of rotatable bonds is 5. The molecule has 0 unspecified atom stereocenters. The first kappa shape index (κ1) is 14.8. The molecule has 0 amide bonds. The third-order valence-electron chi connectivity index (χ3n) is 3.30. The van der Waals surface area contributed by atoms with Gasteiger partial charge < -0.3 is 10.6 Å². The van der Waals surface area contributed by atoms with E-state index in [0.717, 1.165) is 45.5 Å². The average molecular weight is 357 g/mol. The number of hydrogen-bond acceptors (Lipinski definition) is 4. The fraction of sp³-hybridized carbons (Fsp3) is 0.176. The fourth-order valence-electron chi connectivity index (χ4n) is 2.24. The zero-order valence-corrected chi connectivity index (χ0v) is 13.9. The van der Waals surface area contributed by atoms with Gasteiger partial charge in [0.2, 0.25) is 0 Å². The Morgan fingerprint density at radius 3 is 2.77 bits per heavy atom. The molecule has 2 N–H and O–H groups in total. The van der Waals surface area contributed by atoms with Crippen molar-refractivity contribution in [1.82, 2.24) is 9.97 Å². The molecule has 0 aliphatic heterocycles.